The third-order valence-corrected chi connectivity index (χ3v) is 5.96. The topological polar surface area (TPSA) is 58.4 Å². The number of amides is 1. The van der Waals surface area contributed by atoms with Crippen LogP contribution in [0, 0.1) is 5.92 Å². The Labute approximate surface area is 148 Å². The highest BCUT2D eigenvalue weighted by atomic mass is 35.5. The van der Waals surface area contributed by atoms with Crippen LogP contribution in [0.4, 0.5) is 0 Å². The van der Waals surface area contributed by atoms with Crippen molar-refractivity contribution in [2.45, 2.75) is 83.2 Å². The average Bonchev–Trinajstić information content (AvgIpc) is 2.59. The summed E-state index contributed by atoms with van der Waals surface area (Å²) in [5, 5.41) is 3.20. The Morgan fingerprint density at radius 1 is 1.13 bits per heavy atom. The second-order valence-corrected chi connectivity index (χ2v) is 7.46. The van der Waals surface area contributed by atoms with Gasteiger partial charge < -0.3 is 11.1 Å². The predicted molar refractivity (Wildman–Crippen MR) is 98.9 cm³/mol. The maximum atomic E-state index is 12.4. The lowest BCUT2D eigenvalue weighted by atomic mass is 9.79. The van der Waals surface area contributed by atoms with Crippen molar-refractivity contribution in [2.75, 3.05) is 19.6 Å². The summed E-state index contributed by atoms with van der Waals surface area (Å²) in [7, 11) is 0. The molecule has 136 valence electrons. The zero-order valence-electron chi connectivity index (χ0n) is 15.0. The molecule has 2 aliphatic rings. The normalized spacial score (nSPS) is 24.3. The van der Waals surface area contributed by atoms with E-state index in [1.807, 2.05) is 0 Å². The van der Waals surface area contributed by atoms with E-state index in [4.69, 9.17) is 5.73 Å². The predicted octanol–water partition coefficient (Wildman–Crippen LogP) is 3.09. The zero-order valence-corrected chi connectivity index (χ0v) is 15.8. The van der Waals surface area contributed by atoms with E-state index in [2.05, 4.69) is 24.1 Å². The second kappa shape index (κ2) is 9.85. The number of nitrogens with zero attached hydrogens (tertiary/aromatic N) is 1. The smallest absolute Gasteiger partial charge is 0.237 e. The molecular formula is C18H36ClN3O. The number of halogens is 1. The molecule has 0 aromatic heterocycles. The molecule has 5 heteroatoms. The van der Waals surface area contributed by atoms with Crippen molar-refractivity contribution in [2.24, 2.45) is 11.7 Å². The van der Waals surface area contributed by atoms with Gasteiger partial charge in [-0.3, -0.25) is 9.69 Å². The first-order valence-electron chi connectivity index (χ1n) is 9.37. The summed E-state index contributed by atoms with van der Waals surface area (Å²) in [4.78, 5) is 15.0. The molecule has 3 N–H and O–H groups in total. The second-order valence-electron chi connectivity index (χ2n) is 7.46. The number of hydrogen-bond acceptors (Lipinski definition) is 3. The molecule has 2 unspecified atom stereocenters. The summed E-state index contributed by atoms with van der Waals surface area (Å²) in [5.74, 6) is 0.286. The summed E-state index contributed by atoms with van der Waals surface area (Å²) >= 11 is 0. The Morgan fingerprint density at radius 2 is 1.70 bits per heavy atom. The fourth-order valence-corrected chi connectivity index (χ4v) is 4.06. The van der Waals surface area contributed by atoms with Crippen LogP contribution in [-0.4, -0.2) is 42.0 Å². The van der Waals surface area contributed by atoms with Gasteiger partial charge >= 0.3 is 0 Å². The van der Waals surface area contributed by atoms with Crippen molar-refractivity contribution in [1.82, 2.24) is 10.2 Å². The SMILES string of the molecule is CCC(C)C(N)C(=O)NCC1(N2CCCCC2)CCCCC1.Cl. The minimum Gasteiger partial charge on any atom is -0.353 e. The third-order valence-electron chi connectivity index (χ3n) is 5.96. The molecule has 1 aliphatic carbocycles. The molecule has 2 atom stereocenters. The van der Waals surface area contributed by atoms with Gasteiger partial charge in [-0.2, -0.15) is 0 Å². The van der Waals surface area contributed by atoms with Gasteiger partial charge in [0.2, 0.25) is 5.91 Å². The summed E-state index contributed by atoms with van der Waals surface area (Å²) in [6, 6.07) is -0.369. The fourth-order valence-electron chi connectivity index (χ4n) is 4.06. The highest BCUT2D eigenvalue weighted by Crippen LogP contribution is 2.35. The standard InChI is InChI=1S/C18H35N3O.ClH/c1-3-15(2)16(19)17(22)20-14-18(10-6-4-7-11-18)21-12-8-5-9-13-21;/h15-16H,3-14,19H2,1-2H3,(H,20,22);1H. The highest BCUT2D eigenvalue weighted by Gasteiger charge is 2.38. The largest absolute Gasteiger partial charge is 0.353 e. The van der Waals surface area contributed by atoms with Crippen LogP contribution in [0.3, 0.4) is 0 Å². The Balaban J connectivity index is 0.00000264. The van der Waals surface area contributed by atoms with Crippen LogP contribution in [0.5, 0.6) is 0 Å². The van der Waals surface area contributed by atoms with E-state index in [1.54, 1.807) is 0 Å². The minimum atomic E-state index is -0.369. The van der Waals surface area contributed by atoms with E-state index in [-0.39, 0.29) is 35.8 Å². The van der Waals surface area contributed by atoms with Crippen LogP contribution >= 0.6 is 12.4 Å². The van der Waals surface area contributed by atoms with Gasteiger partial charge in [-0.25, -0.2) is 0 Å². The maximum absolute atomic E-state index is 12.4. The van der Waals surface area contributed by atoms with E-state index in [1.165, 1.54) is 64.5 Å². The van der Waals surface area contributed by atoms with Crippen molar-refractivity contribution >= 4 is 18.3 Å². The van der Waals surface area contributed by atoms with Crippen LogP contribution in [0.15, 0.2) is 0 Å². The van der Waals surface area contributed by atoms with Crippen molar-refractivity contribution < 1.29 is 4.79 Å². The lowest BCUT2D eigenvalue weighted by Gasteiger charge is -2.48. The number of piperidine rings is 1. The monoisotopic (exact) mass is 345 g/mol. The van der Waals surface area contributed by atoms with E-state index in [0.717, 1.165) is 13.0 Å². The Morgan fingerprint density at radius 3 is 2.26 bits per heavy atom. The summed E-state index contributed by atoms with van der Waals surface area (Å²) in [5.41, 5.74) is 6.28. The molecule has 2 fully saturated rings. The van der Waals surface area contributed by atoms with Crippen LogP contribution < -0.4 is 11.1 Å². The van der Waals surface area contributed by atoms with Crippen molar-refractivity contribution in [3.8, 4) is 0 Å². The molecule has 1 amide bonds. The van der Waals surface area contributed by atoms with Crippen molar-refractivity contribution in [3.63, 3.8) is 0 Å². The molecule has 2 rings (SSSR count). The molecule has 0 radical (unpaired) electrons. The molecule has 0 aromatic rings. The number of likely N-dealkylation sites (tertiary alicyclic amines) is 1. The first-order valence-corrected chi connectivity index (χ1v) is 9.37. The van der Waals surface area contributed by atoms with Crippen molar-refractivity contribution in [1.29, 1.82) is 0 Å². The Hall–Kier alpha value is -0.320. The van der Waals surface area contributed by atoms with Gasteiger partial charge in [0.15, 0.2) is 0 Å². The van der Waals surface area contributed by atoms with E-state index in [9.17, 15) is 4.79 Å². The molecular weight excluding hydrogens is 310 g/mol. The first-order chi connectivity index (χ1) is 10.6. The maximum Gasteiger partial charge on any atom is 0.237 e. The average molecular weight is 346 g/mol. The quantitative estimate of drug-likeness (QED) is 0.777. The molecule has 1 saturated heterocycles. The third kappa shape index (κ3) is 5.33. The molecule has 23 heavy (non-hydrogen) atoms. The van der Waals surface area contributed by atoms with Crippen LogP contribution in [0.1, 0.15) is 71.6 Å². The molecule has 1 aliphatic heterocycles. The number of rotatable bonds is 6. The van der Waals surface area contributed by atoms with Gasteiger partial charge in [0.05, 0.1) is 6.04 Å². The molecule has 1 heterocycles. The molecule has 0 bridgehead atoms. The number of carbonyl (C=O) groups is 1. The lowest BCUT2D eigenvalue weighted by molar-refractivity contribution is -0.124. The van der Waals surface area contributed by atoms with Gasteiger partial charge in [-0.05, 0) is 44.7 Å². The van der Waals surface area contributed by atoms with E-state index in [0.29, 0.717) is 0 Å². The molecule has 0 aromatic carbocycles. The summed E-state index contributed by atoms with van der Waals surface area (Å²) < 4.78 is 0. The van der Waals surface area contributed by atoms with Gasteiger partial charge in [-0.15, -0.1) is 12.4 Å². The van der Waals surface area contributed by atoms with Crippen LogP contribution in [0.2, 0.25) is 0 Å². The van der Waals surface area contributed by atoms with Crippen LogP contribution in [0.25, 0.3) is 0 Å². The Bertz CT molecular complexity index is 352. The van der Waals surface area contributed by atoms with Gasteiger partial charge in [0, 0.05) is 12.1 Å². The molecule has 0 spiro atoms. The van der Waals surface area contributed by atoms with Crippen molar-refractivity contribution in [3.05, 3.63) is 0 Å². The molecule has 1 saturated carbocycles. The highest BCUT2D eigenvalue weighted by molar-refractivity contribution is 5.85. The van der Waals surface area contributed by atoms with E-state index < -0.39 is 0 Å². The first kappa shape index (κ1) is 20.7. The van der Waals surface area contributed by atoms with E-state index >= 15 is 0 Å². The zero-order chi connectivity index (χ0) is 16.0. The summed E-state index contributed by atoms with van der Waals surface area (Å²) in [6.07, 6.45) is 11.3. The number of nitrogens with two attached hydrogens (primary N) is 1. The van der Waals surface area contributed by atoms with Gasteiger partial charge in [0.1, 0.15) is 0 Å². The number of hydrogen-bond donors (Lipinski definition) is 2. The molecule has 4 nitrogen and oxygen atoms in total. The Kier molecular flexibility index (Phi) is 8.88. The number of carbonyl (C=O) groups excluding carboxylic acids is 1. The summed E-state index contributed by atoms with van der Waals surface area (Å²) in [6.45, 7) is 7.34. The van der Waals surface area contributed by atoms with Crippen LogP contribution in [-0.2, 0) is 4.79 Å². The fraction of sp³-hybridized carbons (Fsp3) is 0.944. The number of nitrogens with one attached hydrogen (secondary N) is 1. The van der Waals surface area contributed by atoms with Gasteiger partial charge in [-0.1, -0.05) is 46.0 Å². The minimum absolute atomic E-state index is 0. The lowest BCUT2D eigenvalue weighted by Crippen LogP contribution is -2.59. The van der Waals surface area contributed by atoms with Gasteiger partial charge in [0.25, 0.3) is 0 Å².